The fraction of sp³-hybridized carbons (Fsp3) is 0.714. The topological polar surface area (TPSA) is 3.24 Å². The Labute approximate surface area is 115 Å². The number of thiophene rings is 1. The molecule has 0 saturated heterocycles. The van der Waals surface area contributed by atoms with Gasteiger partial charge in [0, 0.05) is 17.5 Å². The predicted molar refractivity (Wildman–Crippen MR) is 80.1 cm³/mol. The Bertz CT molecular complexity index is 328. The molecular formula is C14H23NS2. The van der Waals surface area contributed by atoms with Crippen LogP contribution in [0, 0.1) is 5.41 Å². The van der Waals surface area contributed by atoms with E-state index in [1.165, 1.54) is 37.1 Å². The van der Waals surface area contributed by atoms with Crippen LogP contribution in [0.15, 0.2) is 17.5 Å². The van der Waals surface area contributed by atoms with E-state index in [1.54, 1.807) is 0 Å². The lowest BCUT2D eigenvalue weighted by Crippen LogP contribution is -2.36. The van der Waals surface area contributed by atoms with Crippen LogP contribution in [0.1, 0.15) is 43.5 Å². The highest BCUT2D eigenvalue weighted by Gasteiger charge is 2.34. The Balaban J connectivity index is 1.98. The third-order valence-corrected chi connectivity index (χ3v) is 5.91. The van der Waals surface area contributed by atoms with E-state index in [0.717, 1.165) is 5.75 Å². The molecule has 1 aliphatic rings. The number of hydrogen-bond donors (Lipinski definition) is 1. The summed E-state index contributed by atoms with van der Waals surface area (Å²) in [4.78, 5) is 3.98. The highest BCUT2D eigenvalue weighted by atomic mass is 32.1. The monoisotopic (exact) mass is 269 g/mol. The van der Waals surface area contributed by atoms with E-state index in [2.05, 4.69) is 49.0 Å². The van der Waals surface area contributed by atoms with Crippen molar-refractivity contribution in [3.8, 4) is 0 Å². The quantitative estimate of drug-likeness (QED) is 0.783. The van der Waals surface area contributed by atoms with E-state index in [9.17, 15) is 0 Å². The smallest absolute Gasteiger partial charge is 0.0410 e. The maximum absolute atomic E-state index is 4.60. The zero-order valence-corrected chi connectivity index (χ0v) is 12.6. The van der Waals surface area contributed by atoms with E-state index in [-0.39, 0.29) is 0 Å². The summed E-state index contributed by atoms with van der Waals surface area (Å²) < 4.78 is 0. The van der Waals surface area contributed by atoms with Crippen LogP contribution >= 0.6 is 24.0 Å². The van der Waals surface area contributed by atoms with Gasteiger partial charge in [0.2, 0.25) is 0 Å². The van der Waals surface area contributed by atoms with Crippen LogP contribution in [-0.2, 0) is 0 Å². The molecule has 0 spiro atoms. The van der Waals surface area contributed by atoms with Gasteiger partial charge in [-0.3, -0.25) is 4.90 Å². The molecule has 0 radical (unpaired) electrons. The molecule has 1 aliphatic carbocycles. The highest BCUT2D eigenvalue weighted by molar-refractivity contribution is 7.80. The molecule has 3 heteroatoms. The zero-order valence-electron chi connectivity index (χ0n) is 10.9. The van der Waals surface area contributed by atoms with Crippen molar-refractivity contribution in [3.05, 3.63) is 22.4 Å². The van der Waals surface area contributed by atoms with Crippen LogP contribution in [-0.4, -0.2) is 24.2 Å². The molecule has 0 bridgehead atoms. The lowest BCUT2D eigenvalue weighted by atomic mass is 9.87. The Morgan fingerprint density at radius 1 is 1.47 bits per heavy atom. The summed E-state index contributed by atoms with van der Waals surface area (Å²) in [5, 5.41) is 2.17. The van der Waals surface area contributed by atoms with Crippen molar-refractivity contribution in [2.24, 2.45) is 5.41 Å². The number of hydrogen-bond acceptors (Lipinski definition) is 3. The van der Waals surface area contributed by atoms with Crippen LogP contribution in [0.5, 0.6) is 0 Å². The van der Waals surface area contributed by atoms with Gasteiger partial charge in [0.05, 0.1) is 0 Å². The second-order valence-corrected chi connectivity index (χ2v) is 6.77. The molecule has 0 N–H and O–H groups in total. The predicted octanol–water partition coefficient (Wildman–Crippen LogP) is 4.23. The van der Waals surface area contributed by atoms with E-state index < -0.39 is 0 Å². The largest absolute Gasteiger partial charge is 0.298 e. The SMILES string of the molecule is CC(c1cccs1)N(C)CC1(CS)CCCC1. The number of thiol groups is 1. The zero-order chi connectivity index (χ0) is 12.3. The van der Waals surface area contributed by atoms with Crippen molar-refractivity contribution < 1.29 is 0 Å². The van der Waals surface area contributed by atoms with Gasteiger partial charge in [-0.05, 0) is 49.4 Å². The summed E-state index contributed by atoms with van der Waals surface area (Å²) in [6.07, 6.45) is 5.50. The standard InChI is InChI=1S/C14H23NS2/c1-12(13-6-5-9-17-13)15(2)10-14(11-16)7-3-4-8-14/h5-6,9,12,16H,3-4,7-8,10-11H2,1-2H3. The minimum Gasteiger partial charge on any atom is -0.298 e. The molecule has 1 unspecified atom stereocenters. The molecular weight excluding hydrogens is 246 g/mol. The van der Waals surface area contributed by atoms with Crippen LogP contribution in [0.3, 0.4) is 0 Å². The van der Waals surface area contributed by atoms with Crippen molar-refractivity contribution in [2.75, 3.05) is 19.3 Å². The normalized spacial score (nSPS) is 20.9. The minimum atomic E-state index is 0.476. The lowest BCUT2D eigenvalue weighted by Gasteiger charge is -2.35. The average molecular weight is 269 g/mol. The van der Waals surface area contributed by atoms with Crippen LogP contribution in [0.25, 0.3) is 0 Å². The first-order valence-electron chi connectivity index (χ1n) is 6.51. The van der Waals surface area contributed by atoms with Gasteiger partial charge in [0.1, 0.15) is 0 Å². The van der Waals surface area contributed by atoms with E-state index >= 15 is 0 Å². The molecule has 1 aromatic heterocycles. The molecule has 1 saturated carbocycles. The van der Waals surface area contributed by atoms with Crippen LogP contribution in [0.2, 0.25) is 0 Å². The summed E-state index contributed by atoms with van der Waals surface area (Å²) in [5.74, 6) is 1.04. The summed E-state index contributed by atoms with van der Waals surface area (Å²) in [6.45, 7) is 3.50. The molecule has 96 valence electrons. The molecule has 1 nitrogen and oxygen atoms in total. The summed E-state index contributed by atoms with van der Waals surface area (Å²) in [7, 11) is 2.26. The molecule has 0 amide bonds. The summed E-state index contributed by atoms with van der Waals surface area (Å²) in [6, 6.07) is 4.93. The molecule has 1 atom stereocenters. The molecule has 0 aromatic carbocycles. The van der Waals surface area contributed by atoms with Gasteiger partial charge < -0.3 is 0 Å². The van der Waals surface area contributed by atoms with Gasteiger partial charge in [-0.15, -0.1) is 11.3 Å². The lowest BCUT2D eigenvalue weighted by molar-refractivity contribution is 0.165. The van der Waals surface area contributed by atoms with Crippen molar-refractivity contribution in [1.82, 2.24) is 4.90 Å². The van der Waals surface area contributed by atoms with Gasteiger partial charge >= 0.3 is 0 Å². The summed E-state index contributed by atoms with van der Waals surface area (Å²) >= 11 is 6.46. The molecule has 1 heterocycles. The van der Waals surface area contributed by atoms with Gasteiger partial charge in [-0.2, -0.15) is 12.6 Å². The minimum absolute atomic E-state index is 0.476. The van der Waals surface area contributed by atoms with Gasteiger partial charge in [-0.1, -0.05) is 18.9 Å². The Morgan fingerprint density at radius 3 is 2.71 bits per heavy atom. The van der Waals surface area contributed by atoms with Crippen molar-refractivity contribution in [2.45, 2.75) is 38.6 Å². The molecule has 0 aliphatic heterocycles. The van der Waals surface area contributed by atoms with Crippen LogP contribution < -0.4 is 0 Å². The Hall–Kier alpha value is 0.01000. The maximum atomic E-state index is 4.60. The first kappa shape index (κ1) is 13.4. The Morgan fingerprint density at radius 2 is 2.18 bits per heavy atom. The van der Waals surface area contributed by atoms with Crippen molar-refractivity contribution >= 4 is 24.0 Å². The van der Waals surface area contributed by atoms with E-state index in [1.807, 2.05) is 11.3 Å². The Kier molecular flexibility index (Phi) is 4.56. The van der Waals surface area contributed by atoms with Gasteiger partial charge in [0.25, 0.3) is 0 Å². The first-order valence-corrected chi connectivity index (χ1v) is 8.03. The van der Waals surface area contributed by atoms with Gasteiger partial charge in [-0.25, -0.2) is 0 Å². The number of rotatable bonds is 5. The van der Waals surface area contributed by atoms with Crippen molar-refractivity contribution in [3.63, 3.8) is 0 Å². The van der Waals surface area contributed by atoms with E-state index in [4.69, 9.17) is 0 Å². The van der Waals surface area contributed by atoms with Gasteiger partial charge in [0.15, 0.2) is 0 Å². The first-order chi connectivity index (χ1) is 8.17. The van der Waals surface area contributed by atoms with Crippen molar-refractivity contribution in [1.29, 1.82) is 0 Å². The highest BCUT2D eigenvalue weighted by Crippen LogP contribution is 2.40. The second-order valence-electron chi connectivity index (χ2n) is 5.47. The average Bonchev–Trinajstić information content (AvgIpc) is 2.99. The fourth-order valence-corrected chi connectivity index (χ4v) is 4.17. The molecule has 2 rings (SSSR count). The van der Waals surface area contributed by atoms with E-state index in [0.29, 0.717) is 11.5 Å². The molecule has 1 aromatic rings. The molecule has 17 heavy (non-hydrogen) atoms. The second kappa shape index (κ2) is 5.77. The fourth-order valence-electron chi connectivity index (χ4n) is 2.90. The molecule has 1 fully saturated rings. The van der Waals surface area contributed by atoms with Crippen LogP contribution in [0.4, 0.5) is 0 Å². The maximum Gasteiger partial charge on any atom is 0.0410 e. The summed E-state index contributed by atoms with van der Waals surface area (Å²) in [5.41, 5.74) is 0.476. The number of nitrogens with zero attached hydrogens (tertiary/aromatic N) is 1. The third kappa shape index (κ3) is 3.07. The third-order valence-electron chi connectivity index (χ3n) is 4.20.